The summed E-state index contributed by atoms with van der Waals surface area (Å²) in [4.78, 5) is 21.4. The van der Waals surface area contributed by atoms with Crippen molar-refractivity contribution in [2.45, 2.75) is 26.4 Å². The Bertz CT molecular complexity index is 1690. The zero-order chi connectivity index (χ0) is 27.6. The highest BCUT2D eigenvalue weighted by atomic mass is 16.5. The number of hydrogen-bond donors (Lipinski definition) is 1. The number of tetrazole rings is 1. The summed E-state index contributed by atoms with van der Waals surface area (Å²) in [5, 5.41) is 13.8. The van der Waals surface area contributed by atoms with Crippen molar-refractivity contribution in [2.24, 2.45) is 0 Å². The van der Waals surface area contributed by atoms with Crippen LogP contribution in [0.1, 0.15) is 34.1 Å². The van der Waals surface area contributed by atoms with Crippen LogP contribution in [0.25, 0.3) is 10.9 Å². The van der Waals surface area contributed by atoms with Crippen molar-refractivity contribution in [3.63, 3.8) is 0 Å². The molecular formula is C31H33N7O2. The van der Waals surface area contributed by atoms with Crippen LogP contribution >= 0.6 is 0 Å². The fourth-order valence-electron chi connectivity index (χ4n) is 5.61. The van der Waals surface area contributed by atoms with E-state index in [1.54, 1.807) is 7.11 Å². The third-order valence-corrected chi connectivity index (χ3v) is 7.95. The van der Waals surface area contributed by atoms with Gasteiger partial charge in [0.25, 0.3) is 5.56 Å². The molecule has 2 aromatic heterocycles. The summed E-state index contributed by atoms with van der Waals surface area (Å²) in [6.07, 6.45) is 0. The Labute approximate surface area is 233 Å². The lowest BCUT2D eigenvalue weighted by molar-refractivity contribution is 0.200. The number of anilines is 1. The molecule has 5 aromatic rings. The second kappa shape index (κ2) is 10.9. The molecule has 0 aliphatic carbocycles. The average Bonchev–Trinajstić information content (AvgIpc) is 3.43. The number of pyridine rings is 1. The van der Waals surface area contributed by atoms with E-state index in [9.17, 15) is 4.79 Å². The van der Waals surface area contributed by atoms with Crippen LogP contribution in [-0.2, 0) is 6.54 Å². The molecule has 0 radical (unpaired) electrons. The molecule has 9 nitrogen and oxygen atoms in total. The largest absolute Gasteiger partial charge is 0.497 e. The Morgan fingerprint density at radius 2 is 1.75 bits per heavy atom. The maximum Gasteiger partial charge on any atom is 0.253 e. The quantitative estimate of drug-likeness (QED) is 0.336. The summed E-state index contributed by atoms with van der Waals surface area (Å²) in [6, 6.07) is 23.8. The number of hydrogen-bond acceptors (Lipinski definition) is 7. The maximum absolute atomic E-state index is 13.6. The van der Waals surface area contributed by atoms with E-state index in [4.69, 9.17) is 4.74 Å². The van der Waals surface area contributed by atoms with Crippen LogP contribution in [0, 0.1) is 13.8 Å². The van der Waals surface area contributed by atoms with E-state index in [1.807, 2.05) is 47.1 Å². The zero-order valence-corrected chi connectivity index (χ0v) is 23.0. The van der Waals surface area contributed by atoms with Gasteiger partial charge in [-0.1, -0.05) is 42.5 Å². The molecule has 3 heterocycles. The first-order valence-electron chi connectivity index (χ1n) is 13.6. The molecule has 204 valence electrons. The first kappa shape index (κ1) is 25.8. The molecule has 9 heteroatoms. The van der Waals surface area contributed by atoms with Gasteiger partial charge in [0.05, 0.1) is 13.7 Å². The highest BCUT2D eigenvalue weighted by Crippen LogP contribution is 2.31. The number of benzene rings is 3. The molecule has 0 spiro atoms. The van der Waals surface area contributed by atoms with Crippen molar-refractivity contribution in [1.82, 2.24) is 30.1 Å². The van der Waals surface area contributed by atoms with E-state index >= 15 is 0 Å². The summed E-state index contributed by atoms with van der Waals surface area (Å²) in [5.41, 5.74) is 6.18. The van der Waals surface area contributed by atoms with Gasteiger partial charge in [-0.3, -0.25) is 9.69 Å². The van der Waals surface area contributed by atoms with E-state index in [1.165, 1.54) is 16.8 Å². The number of H-pyrrole nitrogens is 1. The number of nitrogens with one attached hydrogen (secondary N) is 1. The molecule has 6 rings (SSSR count). The highest BCUT2D eigenvalue weighted by Gasteiger charge is 2.33. The van der Waals surface area contributed by atoms with Gasteiger partial charge in [0.1, 0.15) is 11.8 Å². The molecule has 1 saturated heterocycles. The van der Waals surface area contributed by atoms with Gasteiger partial charge in [0, 0.05) is 48.3 Å². The van der Waals surface area contributed by atoms with Crippen LogP contribution in [0.4, 0.5) is 5.69 Å². The Morgan fingerprint density at radius 3 is 2.52 bits per heavy atom. The lowest BCUT2D eigenvalue weighted by Gasteiger charge is -2.40. The van der Waals surface area contributed by atoms with Crippen molar-refractivity contribution in [3.05, 3.63) is 111 Å². The Balaban J connectivity index is 1.39. The van der Waals surface area contributed by atoms with Crippen molar-refractivity contribution < 1.29 is 4.74 Å². The maximum atomic E-state index is 13.6. The van der Waals surface area contributed by atoms with Crippen LogP contribution in [0.15, 0.2) is 77.6 Å². The third-order valence-electron chi connectivity index (χ3n) is 7.95. The summed E-state index contributed by atoms with van der Waals surface area (Å²) in [6.45, 7) is 8.03. The molecule has 1 fully saturated rings. The molecule has 0 amide bonds. The molecule has 1 N–H and O–H groups in total. The van der Waals surface area contributed by atoms with E-state index in [2.05, 4.69) is 74.5 Å². The molecule has 0 unspecified atom stereocenters. The molecule has 1 aliphatic heterocycles. The fourth-order valence-corrected chi connectivity index (χ4v) is 5.61. The lowest BCUT2D eigenvalue weighted by atomic mass is 10.0. The minimum Gasteiger partial charge on any atom is -0.497 e. The van der Waals surface area contributed by atoms with E-state index < -0.39 is 6.04 Å². The van der Waals surface area contributed by atoms with Crippen LogP contribution in [0.2, 0.25) is 0 Å². The Morgan fingerprint density at radius 1 is 0.950 bits per heavy atom. The molecule has 40 heavy (non-hydrogen) atoms. The number of ether oxygens (including phenoxy) is 1. The van der Waals surface area contributed by atoms with Crippen molar-refractivity contribution in [3.8, 4) is 5.75 Å². The van der Waals surface area contributed by atoms with Gasteiger partial charge in [0.2, 0.25) is 0 Å². The molecule has 0 saturated carbocycles. The smallest absolute Gasteiger partial charge is 0.253 e. The molecule has 0 bridgehead atoms. The molecule has 1 aliphatic rings. The monoisotopic (exact) mass is 535 g/mol. The van der Waals surface area contributed by atoms with Crippen LogP contribution in [0.3, 0.4) is 0 Å². The zero-order valence-electron chi connectivity index (χ0n) is 23.0. The van der Waals surface area contributed by atoms with Crippen LogP contribution < -0.4 is 15.2 Å². The normalized spacial score (nSPS) is 14.9. The average molecular weight is 536 g/mol. The number of piperazine rings is 1. The van der Waals surface area contributed by atoms with Crippen LogP contribution in [-0.4, -0.2) is 63.4 Å². The Hall–Kier alpha value is -4.50. The van der Waals surface area contributed by atoms with Gasteiger partial charge in [-0.25, -0.2) is 4.68 Å². The van der Waals surface area contributed by atoms with Gasteiger partial charge in [-0.2, -0.15) is 0 Å². The lowest BCUT2D eigenvalue weighted by Crippen LogP contribution is -2.49. The van der Waals surface area contributed by atoms with E-state index in [0.717, 1.165) is 48.4 Å². The van der Waals surface area contributed by atoms with Gasteiger partial charge in [0.15, 0.2) is 5.82 Å². The summed E-state index contributed by atoms with van der Waals surface area (Å²) < 4.78 is 7.27. The van der Waals surface area contributed by atoms with Crippen molar-refractivity contribution in [1.29, 1.82) is 0 Å². The Kier molecular flexibility index (Phi) is 7.04. The van der Waals surface area contributed by atoms with Gasteiger partial charge in [-0.05, 0) is 71.3 Å². The predicted molar refractivity (Wildman–Crippen MR) is 156 cm³/mol. The van der Waals surface area contributed by atoms with Gasteiger partial charge < -0.3 is 14.6 Å². The van der Waals surface area contributed by atoms with Crippen molar-refractivity contribution in [2.75, 3.05) is 38.2 Å². The second-order valence-corrected chi connectivity index (χ2v) is 10.3. The first-order valence-corrected chi connectivity index (χ1v) is 13.6. The number of nitrogens with zero attached hydrogens (tertiary/aromatic N) is 6. The fraction of sp³-hybridized carbons (Fsp3) is 0.290. The number of aromatic nitrogens is 5. The first-order chi connectivity index (χ1) is 19.5. The minimum absolute atomic E-state index is 0.145. The second-order valence-electron chi connectivity index (χ2n) is 10.3. The van der Waals surface area contributed by atoms with Gasteiger partial charge in [-0.15, -0.1) is 5.10 Å². The number of fused-ring (bicyclic) bond motifs is 1. The molecular weight excluding hydrogens is 502 g/mol. The van der Waals surface area contributed by atoms with Crippen LogP contribution in [0.5, 0.6) is 5.75 Å². The highest BCUT2D eigenvalue weighted by molar-refractivity contribution is 5.80. The van der Waals surface area contributed by atoms with E-state index in [0.29, 0.717) is 17.9 Å². The number of methoxy groups -OCH3 is 1. The number of aromatic amines is 1. The summed E-state index contributed by atoms with van der Waals surface area (Å²) in [5.74, 6) is 1.38. The standard InChI is InChI=1S/C31H33N7O2/c1-21-8-7-11-28(22(21)2)36-14-16-37(17-15-36)29(30-33-34-35-38(30)20-23-9-5-4-6-10-23)26-19-24-18-25(40-3)12-13-27(24)32-31(26)39/h4-13,18-19,29H,14-17,20H2,1-3H3,(H,32,39)/t29-/m1/s1. The van der Waals surface area contributed by atoms with Crippen molar-refractivity contribution >= 4 is 16.6 Å². The van der Waals surface area contributed by atoms with Gasteiger partial charge >= 0.3 is 0 Å². The third kappa shape index (κ3) is 4.96. The number of aryl methyl sites for hydroxylation is 1. The SMILES string of the molecule is COc1ccc2[nH]c(=O)c([C@H](c3nnnn3Cc3ccccc3)N3CCN(c4cccc(C)c4C)CC3)cc2c1. The van der Waals surface area contributed by atoms with E-state index in [-0.39, 0.29) is 5.56 Å². The molecule has 3 aromatic carbocycles. The minimum atomic E-state index is -0.418. The summed E-state index contributed by atoms with van der Waals surface area (Å²) in [7, 11) is 1.64. The summed E-state index contributed by atoms with van der Waals surface area (Å²) >= 11 is 0. The molecule has 1 atom stereocenters. The topological polar surface area (TPSA) is 92.2 Å². The predicted octanol–water partition coefficient (Wildman–Crippen LogP) is 4.10. The number of rotatable bonds is 7.